The predicted octanol–water partition coefficient (Wildman–Crippen LogP) is 2.39. The zero-order valence-corrected chi connectivity index (χ0v) is 15.4. The molecule has 2 aliphatic carbocycles. The fourth-order valence-corrected chi connectivity index (χ4v) is 5.51. The lowest BCUT2D eigenvalue weighted by Crippen LogP contribution is -2.45. The van der Waals surface area contributed by atoms with E-state index in [1.165, 1.54) is 38.4 Å². The fraction of sp³-hybridized carbons (Fsp3) is 0.611. The summed E-state index contributed by atoms with van der Waals surface area (Å²) >= 11 is 0. The molecule has 1 N–H and O–H groups in total. The summed E-state index contributed by atoms with van der Waals surface area (Å²) in [5.74, 6) is 1.20. The summed E-state index contributed by atoms with van der Waals surface area (Å²) < 4.78 is 38.9. The normalized spacial score (nSPS) is 26.8. The van der Waals surface area contributed by atoms with E-state index in [-0.39, 0.29) is 23.4 Å². The number of hydrogen-bond acceptors (Lipinski definition) is 3. The largest absolute Gasteiger partial charge is 0.352 e. The topological polar surface area (TPSA) is 66.5 Å². The standard InChI is InChI=1S/C18H25FN2O3S/c1-12(17-10-13-3-4-14(17)9-13)20-18(22)11-21(2)25(23,24)16-7-5-15(19)6-8-16/h5-8,12-14,17H,3-4,9-11H2,1-2H3,(H,20,22)/t12-,13-,14-,17-/m0/s1. The molecule has 138 valence electrons. The summed E-state index contributed by atoms with van der Waals surface area (Å²) in [6.07, 6.45) is 4.98. The molecule has 0 heterocycles. The number of nitrogens with zero attached hydrogens (tertiary/aromatic N) is 1. The van der Waals surface area contributed by atoms with Gasteiger partial charge in [0.25, 0.3) is 0 Å². The van der Waals surface area contributed by atoms with E-state index in [9.17, 15) is 17.6 Å². The molecule has 1 aromatic rings. The van der Waals surface area contributed by atoms with Gasteiger partial charge in [-0.2, -0.15) is 4.31 Å². The van der Waals surface area contributed by atoms with E-state index >= 15 is 0 Å². The van der Waals surface area contributed by atoms with E-state index in [2.05, 4.69) is 5.32 Å². The first kappa shape index (κ1) is 18.3. The van der Waals surface area contributed by atoms with Crippen LogP contribution in [0.1, 0.15) is 32.6 Å². The molecule has 2 aliphatic rings. The van der Waals surface area contributed by atoms with Crippen molar-refractivity contribution in [3.63, 3.8) is 0 Å². The van der Waals surface area contributed by atoms with Crippen LogP contribution in [0.4, 0.5) is 4.39 Å². The average molecular weight is 368 g/mol. The van der Waals surface area contributed by atoms with Gasteiger partial charge in [0.2, 0.25) is 15.9 Å². The molecule has 2 bridgehead atoms. The molecule has 0 aromatic heterocycles. The van der Waals surface area contributed by atoms with E-state index in [1.807, 2.05) is 6.92 Å². The van der Waals surface area contributed by atoms with Gasteiger partial charge in [0.05, 0.1) is 11.4 Å². The van der Waals surface area contributed by atoms with E-state index in [4.69, 9.17) is 0 Å². The van der Waals surface area contributed by atoms with Gasteiger partial charge >= 0.3 is 0 Å². The minimum absolute atomic E-state index is 0.0228. The second kappa shape index (κ2) is 7.03. The van der Waals surface area contributed by atoms with Crippen LogP contribution in [-0.4, -0.2) is 38.3 Å². The molecular weight excluding hydrogens is 343 g/mol. The average Bonchev–Trinajstić information content (AvgIpc) is 3.18. The smallest absolute Gasteiger partial charge is 0.243 e. The summed E-state index contributed by atoms with van der Waals surface area (Å²) in [6.45, 7) is 1.77. The maximum atomic E-state index is 13.0. The number of fused-ring (bicyclic) bond motifs is 2. The Hall–Kier alpha value is -1.47. The Balaban J connectivity index is 1.57. The number of nitrogens with one attached hydrogen (secondary N) is 1. The maximum absolute atomic E-state index is 13.0. The molecule has 3 rings (SSSR count). The molecule has 0 spiro atoms. The van der Waals surface area contributed by atoms with Crippen LogP contribution in [0.2, 0.25) is 0 Å². The quantitative estimate of drug-likeness (QED) is 0.838. The van der Waals surface area contributed by atoms with Crippen LogP contribution in [0.3, 0.4) is 0 Å². The summed E-state index contributed by atoms with van der Waals surface area (Å²) in [5.41, 5.74) is 0. The number of hydrogen-bond donors (Lipinski definition) is 1. The van der Waals surface area contributed by atoms with Gasteiger partial charge in [-0.3, -0.25) is 4.79 Å². The van der Waals surface area contributed by atoms with Crippen LogP contribution in [0.5, 0.6) is 0 Å². The van der Waals surface area contributed by atoms with Gasteiger partial charge in [-0.05, 0) is 68.2 Å². The van der Waals surface area contributed by atoms with E-state index < -0.39 is 15.8 Å². The van der Waals surface area contributed by atoms with Gasteiger partial charge < -0.3 is 5.32 Å². The van der Waals surface area contributed by atoms with Crippen molar-refractivity contribution in [2.45, 2.75) is 43.5 Å². The third-order valence-electron chi connectivity index (χ3n) is 5.71. The van der Waals surface area contributed by atoms with E-state index in [0.717, 1.165) is 28.8 Å². The molecule has 0 unspecified atom stereocenters. The molecule has 4 atom stereocenters. The van der Waals surface area contributed by atoms with Crippen LogP contribution >= 0.6 is 0 Å². The first-order valence-electron chi connectivity index (χ1n) is 8.78. The Kier molecular flexibility index (Phi) is 5.16. The lowest BCUT2D eigenvalue weighted by Gasteiger charge is -2.29. The molecule has 1 aromatic carbocycles. The molecule has 2 fully saturated rings. The highest BCUT2D eigenvalue weighted by molar-refractivity contribution is 7.89. The number of rotatable bonds is 6. The number of likely N-dealkylation sites (N-methyl/N-ethyl adjacent to an activating group) is 1. The molecule has 2 saturated carbocycles. The molecule has 5 nitrogen and oxygen atoms in total. The number of amides is 1. The Labute approximate surface area is 148 Å². The van der Waals surface area contributed by atoms with Crippen molar-refractivity contribution < 1.29 is 17.6 Å². The Morgan fingerprint density at radius 2 is 1.96 bits per heavy atom. The van der Waals surface area contributed by atoms with Crippen molar-refractivity contribution in [2.75, 3.05) is 13.6 Å². The van der Waals surface area contributed by atoms with Crippen LogP contribution in [0, 0.1) is 23.6 Å². The molecule has 0 radical (unpaired) electrons. The summed E-state index contributed by atoms with van der Waals surface area (Å²) in [4.78, 5) is 12.3. The fourth-order valence-electron chi connectivity index (χ4n) is 4.39. The van der Waals surface area contributed by atoms with Crippen LogP contribution in [-0.2, 0) is 14.8 Å². The van der Waals surface area contributed by atoms with Gasteiger partial charge in [-0.1, -0.05) is 6.42 Å². The highest BCUT2D eigenvalue weighted by Gasteiger charge is 2.42. The van der Waals surface area contributed by atoms with Crippen molar-refractivity contribution in [1.29, 1.82) is 0 Å². The SMILES string of the molecule is C[C@H](NC(=O)CN(C)S(=O)(=O)c1ccc(F)cc1)[C@@H]1C[C@H]2CC[C@H]1C2. The van der Waals surface area contributed by atoms with Crippen molar-refractivity contribution in [1.82, 2.24) is 9.62 Å². The van der Waals surface area contributed by atoms with Crippen molar-refractivity contribution in [3.8, 4) is 0 Å². The highest BCUT2D eigenvalue weighted by atomic mass is 32.2. The minimum atomic E-state index is -3.81. The molecule has 7 heteroatoms. The van der Waals surface area contributed by atoms with Crippen LogP contribution in [0.15, 0.2) is 29.2 Å². The second-order valence-corrected chi connectivity index (χ2v) is 9.45. The number of carbonyl (C=O) groups is 1. The summed E-state index contributed by atoms with van der Waals surface area (Å²) in [6, 6.07) is 4.66. The van der Waals surface area contributed by atoms with Crippen LogP contribution in [0.25, 0.3) is 0 Å². The van der Waals surface area contributed by atoms with Crippen molar-refractivity contribution >= 4 is 15.9 Å². The van der Waals surface area contributed by atoms with Gasteiger partial charge in [0.15, 0.2) is 0 Å². The lowest BCUT2D eigenvalue weighted by atomic mass is 9.84. The number of carbonyl (C=O) groups excluding carboxylic acids is 1. The summed E-state index contributed by atoms with van der Waals surface area (Å²) in [5, 5.41) is 2.97. The first-order chi connectivity index (χ1) is 11.8. The molecular formula is C18H25FN2O3S. The van der Waals surface area contributed by atoms with Gasteiger partial charge in [-0.25, -0.2) is 12.8 Å². The summed E-state index contributed by atoms with van der Waals surface area (Å²) in [7, 11) is -2.45. The lowest BCUT2D eigenvalue weighted by molar-refractivity contribution is -0.122. The molecule has 0 saturated heterocycles. The highest BCUT2D eigenvalue weighted by Crippen LogP contribution is 2.49. The zero-order valence-electron chi connectivity index (χ0n) is 14.6. The first-order valence-corrected chi connectivity index (χ1v) is 10.2. The second-order valence-electron chi connectivity index (χ2n) is 7.41. The number of halogens is 1. The minimum Gasteiger partial charge on any atom is -0.352 e. The zero-order chi connectivity index (χ0) is 18.2. The molecule has 25 heavy (non-hydrogen) atoms. The third kappa shape index (κ3) is 3.87. The van der Waals surface area contributed by atoms with Gasteiger partial charge in [0.1, 0.15) is 5.82 Å². The Bertz CT molecular complexity index is 735. The predicted molar refractivity (Wildman–Crippen MR) is 92.8 cm³/mol. The van der Waals surface area contributed by atoms with E-state index in [1.54, 1.807) is 0 Å². The van der Waals surface area contributed by atoms with Crippen LogP contribution < -0.4 is 5.32 Å². The monoisotopic (exact) mass is 368 g/mol. The van der Waals surface area contributed by atoms with Crippen molar-refractivity contribution in [3.05, 3.63) is 30.1 Å². The third-order valence-corrected chi connectivity index (χ3v) is 7.53. The van der Waals surface area contributed by atoms with Crippen molar-refractivity contribution in [2.24, 2.45) is 17.8 Å². The van der Waals surface area contributed by atoms with Gasteiger partial charge in [0, 0.05) is 13.1 Å². The molecule has 0 aliphatic heterocycles. The Morgan fingerprint density at radius 3 is 2.52 bits per heavy atom. The number of sulfonamides is 1. The maximum Gasteiger partial charge on any atom is 0.243 e. The number of benzene rings is 1. The van der Waals surface area contributed by atoms with E-state index in [0.29, 0.717) is 11.8 Å². The molecule has 1 amide bonds. The Morgan fingerprint density at radius 1 is 1.28 bits per heavy atom. The van der Waals surface area contributed by atoms with Gasteiger partial charge in [-0.15, -0.1) is 0 Å².